The third-order valence-corrected chi connectivity index (χ3v) is 3.05. The molecule has 0 aliphatic heterocycles. The number of aromatic nitrogens is 2. The van der Waals surface area contributed by atoms with Crippen LogP contribution in [0.25, 0.3) is 10.7 Å². The van der Waals surface area contributed by atoms with Gasteiger partial charge in [0, 0.05) is 30.4 Å². The molecule has 0 atom stereocenters. The first-order valence-corrected chi connectivity index (χ1v) is 5.89. The molecule has 84 valence electrons. The highest BCUT2D eigenvalue weighted by Gasteiger charge is 2.04. The van der Waals surface area contributed by atoms with Crippen LogP contribution in [0.5, 0.6) is 0 Å². The predicted molar refractivity (Wildman–Crippen MR) is 64.1 cm³/mol. The van der Waals surface area contributed by atoms with Crippen molar-refractivity contribution in [2.45, 2.75) is 6.54 Å². The van der Waals surface area contributed by atoms with Crippen LogP contribution < -0.4 is 5.32 Å². The van der Waals surface area contributed by atoms with Gasteiger partial charge in [0.1, 0.15) is 5.01 Å². The van der Waals surface area contributed by atoms with Crippen LogP contribution in [0.2, 0.25) is 0 Å². The van der Waals surface area contributed by atoms with Crippen molar-refractivity contribution < 1.29 is 5.11 Å². The maximum absolute atomic E-state index is 8.64. The lowest BCUT2D eigenvalue weighted by Gasteiger charge is -1.97. The Morgan fingerprint density at radius 3 is 3.00 bits per heavy atom. The van der Waals surface area contributed by atoms with Gasteiger partial charge in [-0.05, 0) is 12.1 Å². The Kier molecular flexibility index (Phi) is 3.98. The monoisotopic (exact) mass is 235 g/mol. The van der Waals surface area contributed by atoms with Gasteiger partial charge in [0.15, 0.2) is 0 Å². The lowest BCUT2D eigenvalue weighted by Crippen LogP contribution is -2.16. The Hall–Kier alpha value is -1.30. The van der Waals surface area contributed by atoms with Crippen molar-refractivity contribution in [1.29, 1.82) is 0 Å². The van der Waals surface area contributed by atoms with Gasteiger partial charge in [-0.15, -0.1) is 11.3 Å². The quantitative estimate of drug-likeness (QED) is 0.767. The lowest BCUT2D eigenvalue weighted by atomic mass is 10.4. The number of aliphatic hydroxyl groups is 1. The molecule has 2 aromatic heterocycles. The molecule has 0 aromatic carbocycles. The van der Waals surface area contributed by atoms with Gasteiger partial charge in [0.05, 0.1) is 12.3 Å². The average Bonchev–Trinajstić information content (AvgIpc) is 2.79. The molecule has 0 aliphatic rings. The zero-order valence-electron chi connectivity index (χ0n) is 8.76. The molecule has 2 rings (SSSR count). The van der Waals surface area contributed by atoms with Crippen LogP contribution in [0, 0.1) is 0 Å². The average molecular weight is 235 g/mol. The summed E-state index contributed by atoms with van der Waals surface area (Å²) < 4.78 is 0. The number of nitrogens with one attached hydrogen (secondary N) is 1. The molecular formula is C11H13N3OS. The Morgan fingerprint density at radius 2 is 2.25 bits per heavy atom. The number of nitrogens with zero attached hydrogens (tertiary/aromatic N) is 2. The normalized spacial score (nSPS) is 10.6. The van der Waals surface area contributed by atoms with Crippen LogP contribution >= 0.6 is 11.3 Å². The second-order valence-electron chi connectivity index (χ2n) is 3.25. The lowest BCUT2D eigenvalue weighted by molar-refractivity contribution is 0.292. The minimum atomic E-state index is 0.159. The van der Waals surface area contributed by atoms with E-state index < -0.39 is 0 Å². The van der Waals surface area contributed by atoms with Crippen molar-refractivity contribution in [2.24, 2.45) is 0 Å². The second-order valence-corrected chi connectivity index (χ2v) is 4.36. The summed E-state index contributed by atoms with van der Waals surface area (Å²) in [6, 6.07) is 5.79. The van der Waals surface area contributed by atoms with E-state index in [1.54, 1.807) is 17.5 Å². The summed E-state index contributed by atoms with van der Waals surface area (Å²) in [6.45, 7) is 1.51. The van der Waals surface area contributed by atoms with E-state index in [0.717, 1.165) is 22.1 Å². The molecule has 4 nitrogen and oxygen atoms in total. The maximum Gasteiger partial charge on any atom is 0.142 e. The van der Waals surface area contributed by atoms with E-state index in [-0.39, 0.29) is 6.61 Å². The topological polar surface area (TPSA) is 58.0 Å². The van der Waals surface area contributed by atoms with Gasteiger partial charge in [-0.1, -0.05) is 6.07 Å². The summed E-state index contributed by atoms with van der Waals surface area (Å²) in [4.78, 5) is 9.71. The van der Waals surface area contributed by atoms with E-state index in [1.807, 2.05) is 24.4 Å². The minimum Gasteiger partial charge on any atom is -0.395 e. The van der Waals surface area contributed by atoms with Gasteiger partial charge < -0.3 is 10.4 Å². The second kappa shape index (κ2) is 5.69. The summed E-state index contributed by atoms with van der Waals surface area (Å²) in [7, 11) is 0. The Labute approximate surface area is 98.0 Å². The minimum absolute atomic E-state index is 0.159. The molecule has 5 heteroatoms. The highest BCUT2D eigenvalue weighted by molar-refractivity contribution is 7.14. The van der Waals surface area contributed by atoms with Crippen molar-refractivity contribution >= 4 is 11.3 Å². The largest absolute Gasteiger partial charge is 0.395 e. The zero-order chi connectivity index (χ0) is 11.2. The molecule has 0 saturated heterocycles. The van der Waals surface area contributed by atoms with Gasteiger partial charge in [-0.25, -0.2) is 4.98 Å². The molecule has 0 bridgehead atoms. The van der Waals surface area contributed by atoms with Crippen molar-refractivity contribution in [2.75, 3.05) is 13.2 Å². The molecule has 2 N–H and O–H groups in total. The van der Waals surface area contributed by atoms with Crippen LogP contribution in [0.4, 0.5) is 0 Å². The number of aliphatic hydroxyl groups excluding tert-OH is 1. The Morgan fingerprint density at radius 1 is 1.31 bits per heavy atom. The number of hydrogen-bond acceptors (Lipinski definition) is 5. The Balaban J connectivity index is 2.02. The highest BCUT2D eigenvalue weighted by Crippen LogP contribution is 2.22. The fraction of sp³-hybridized carbons (Fsp3) is 0.273. The first-order valence-electron chi connectivity index (χ1n) is 5.08. The Bertz CT molecular complexity index is 430. The molecule has 0 amide bonds. The fourth-order valence-corrected chi connectivity index (χ4v) is 2.15. The molecule has 16 heavy (non-hydrogen) atoms. The number of hydrogen-bond donors (Lipinski definition) is 2. The first kappa shape index (κ1) is 11.2. The molecule has 2 heterocycles. The SMILES string of the molecule is OCCNCc1cnc(-c2ccccn2)s1. The van der Waals surface area contributed by atoms with E-state index >= 15 is 0 Å². The third kappa shape index (κ3) is 2.85. The van der Waals surface area contributed by atoms with E-state index in [2.05, 4.69) is 15.3 Å². The van der Waals surface area contributed by atoms with Gasteiger partial charge in [0.25, 0.3) is 0 Å². The van der Waals surface area contributed by atoms with E-state index in [0.29, 0.717) is 6.54 Å². The molecule has 0 unspecified atom stereocenters. The standard InChI is InChI=1S/C11H13N3OS/c15-6-5-12-7-9-8-14-11(16-9)10-3-1-2-4-13-10/h1-4,8,12,15H,5-7H2. The third-order valence-electron chi connectivity index (χ3n) is 2.03. The van der Waals surface area contributed by atoms with Crippen LogP contribution in [-0.2, 0) is 6.54 Å². The summed E-state index contributed by atoms with van der Waals surface area (Å²) in [5.74, 6) is 0. The predicted octanol–water partition coefficient (Wildman–Crippen LogP) is 1.29. The molecule has 0 spiro atoms. The van der Waals surface area contributed by atoms with Gasteiger partial charge >= 0.3 is 0 Å². The van der Waals surface area contributed by atoms with Gasteiger partial charge in [0.2, 0.25) is 0 Å². The van der Waals surface area contributed by atoms with Crippen molar-refractivity contribution in [1.82, 2.24) is 15.3 Å². The van der Waals surface area contributed by atoms with Crippen molar-refractivity contribution in [3.8, 4) is 10.7 Å². The van der Waals surface area contributed by atoms with E-state index in [1.165, 1.54) is 0 Å². The smallest absolute Gasteiger partial charge is 0.142 e. The van der Waals surface area contributed by atoms with Crippen LogP contribution in [-0.4, -0.2) is 28.2 Å². The molecule has 0 aliphatic carbocycles. The molecule has 2 aromatic rings. The summed E-state index contributed by atoms with van der Waals surface area (Å²) >= 11 is 1.62. The summed E-state index contributed by atoms with van der Waals surface area (Å²) in [5.41, 5.74) is 0.904. The van der Waals surface area contributed by atoms with Gasteiger partial charge in [-0.2, -0.15) is 0 Å². The maximum atomic E-state index is 8.64. The van der Waals surface area contributed by atoms with Crippen LogP contribution in [0.15, 0.2) is 30.6 Å². The number of pyridine rings is 1. The van der Waals surface area contributed by atoms with Gasteiger partial charge in [-0.3, -0.25) is 4.98 Å². The van der Waals surface area contributed by atoms with Crippen molar-refractivity contribution in [3.63, 3.8) is 0 Å². The molecule has 0 saturated carbocycles. The van der Waals surface area contributed by atoms with Crippen LogP contribution in [0.1, 0.15) is 4.88 Å². The molecule has 0 fully saturated rings. The highest BCUT2D eigenvalue weighted by atomic mass is 32.1. The fourth-order valence-electron chi connectivity index (χ4n) is 1.29. The van der Waals surface area contributed by atoms with E-state index in [9.17, 15) is 0 Å². The van der Waals surface area contributed by atoms with Crippen LogP contribution in [0.3, 0.4) is 0 Å². The summed E-state index contributed by atoms with van der Waals surface area (Å²) in [6.07, 6.45) is 3.61. The van der Waals surface area contributed by atoms with Crippen molar-refractivity contribution in [3.05, 3.63) is 35.5 Å². The first-order chi connectivity index (χ1) is 7.90. The number of rotatable bonds is 5. The zero-order valence-corrected chi connectivity index (χ0v) is 9.57. The summed E-state index contributed by atoms with van der Waals surface area (Å²) in [5, 5.41) is 12.7. The molecular weight excluding hydrogens is 222 g/mol. The van der Waals surface area contributed by atoms with E-state index in [4.69, 9.17) is 5.11 Å². The molecule has 0 radical (unpaired) electrons. The number of thiazole rings is 1.